The van der Waals surface area contributed by atoms with Crippen molar-refractivity contribution in [1.82, 2.24) is 0 Å². The number of rotatable bonds is 3. The van der Waals surface area contributed by atoms with E-state index in [2.05, 4.69) is 4.74 Å². The Morgan fingerprint density at radius 3 is 1.95 bits per heavy atom. The predicted octanol–water partition coefficient (Wildman–Crippen LogP) is 4.56. The lowest BCUT2D eigenvalue weighted by Gasteiger charge is -2.22. The van der Waals surface area contributed by atoms with Crippen LogP contribution in [0.4, 0.5) is 26.3 Å². The number of halogens is 7. The number of ether oxygens (including phenoxy) is 1. The van der Waals surface area contributed by atoms with Gasteiger partial charge in [-0.1, -0.05) is 6.92 Å². The quantitative estimate of drug-likeness (QED) is 0.820. The standard InChI is InChI=1S/C12H13F6NO.ClH/c1-3-8(19)10-7(12(16,17)18)4-6(11(13,14)15)5-9(10)20-2;/h4-5,8H,3,19H2,1-2H3;1H/t8-;/m1./s1. The Kier molecular flexibility index (Phi) is 6.37. The molecule has 0 amide bonds. The number of benzene rings is 1. The summed E-state index contributed by atoms with van der Waals surface area (Å²) in [7, 11) is 1.00. The van der Waals surface area contributed by atoms with Gasteiger partial charge >= 0.3 is 12.4 Å². The van der Waals surface area contributed by atoms with E-state index < -0.39 is 40.8 Å². The monoisotopic (exact) mass is 337 g/mol. The molecule has 0 radical (unpaired) electrons. The normalized spacial score (nSPS) is 13.6. The van der Waals surface area contributed by atoms with Crippen molar-refractivity contribution in [1.29, 1.82) is 0 Å². The summed E-state index contributed by atoms with van der Waals surface area (Å²) in [4.78, 5) is 0. The number of hydrogen-bond acceptors (Lipinski definition) is 2. The maximum Gasteiger partial charge on any atom is 0.416 e. The molecule has 0 saturated heterocycles. The van der Waals surface area contributed by atoms with Crippen molar-refractivity contribution < 1.29 is 31.1 Å². The summed E-state index contributed by atoms with van der Waals surface area (Å²) < 4.78 is 81.4. The zero-order valence-electron chi connectivity index (χ0n) is 11.1. The van der Waals surface area contributed by atoms with Gasteiger partial charge in [0.25, 0.3) is 0 Å². The molecule has 122 valence electrons. The molecule has 0 unspecified atom stereocenters. The van der Waals surface area contributed by atoms with Gasteiger partial charge in [-0.15, -0.1) is 12.4 Å². The van der Waals surface area contributed by atoms with Gasteiger partial charge in [-0.25, -0.2) is 0 Å². The Hall–Kier alpha value is -1.15. The minimum atomic E-state index is -4.95. The lowest BCUT2D eigenvalue weighted by molar-refractivity contribution is -0.143. The van der Waals surface area contributed by atoms with Crippen LogP contribution >= 0.6 is 12.4 Å². The minimum absolute atomic E-state index is 0. The van der Waals surface area contributed by atoms with E-state index in [1.807, 2.05) is 0 Å². The van der Waals surface area contributed by atoms with Crippen LogP contribution in [0.15, 0.2) is 12.1 Å². The van der Waals surface area contributed by atoms with Crippen LogP contribution in [0.1, 0.15) is 36.1 Å². The lowest BCUT2D eigenvalue weighted by Crippen LogP contribution is -2.20. The fourth-order valence-corrected chi connectivity index (χ4v) is 1.78. The molecule has 1 aromatic rings. The largest absolute Gasteiger partial charge is 0.496 e. The molecule has 0 heterocycles. The molecule has 0 aliphatic rings. The van der Waals surface area contributed by atoms with Gasteiger partial charge in [0, 0.05) is 11.6 Å². The van der Waals surface area contributed by atoms with E-state index in [-0.39, 0.29) is 24.9 Å². The number of alkyl halides is 6. The van der Waals surface area contributed by atoms with Crippen LogP contribution in [0.25, 0.3) is 0 Å². The van der Waals surface area contributed by atoms with Crippen molar-refractivity contribution in [3.63, 3.8) is 0 Å². The van der Waals surface area contributed by atoms with Crippen molar-refractivity contribution in [2.45, 2.75) is 31.7 Å². The van der Waals surface area contributed by atoms with Crippen LogP contribution in [0, 0.1) is 0 Å². The molecule has 2 nitrogen and oxygen atoms in total. The van der Waals surface area contributed by atoms with Gasteiger partial charge in [0.05, 0.1) is 18.2 Å². The van der Waals surface area contributed by atoms with Gasteiger partial charge in [0.2, 0.25) is 0 Å². The van der Waals surface area contributed by atoms with Crippen LogP contribution in [0.3, 0.4) is 0 Å². The van der Waals surface area contributed by atoms with Gasteiger partial charge in [0.1, 0.15) is 5.75 Å². The molecule has 0 fully saturated rings. The van der Waals surface area contributed by atoms with Crippen LogP contribution in [-0.4, -0.2) is 7.11 Å². The van der Waals surface area contributed by atoms with E-state index in [4.69, 9.17) is 5.73 Å². The summed E-state index contributed by atoms with van der Waals surface area (Å²) in [5, 5.41) is 0. The first kappa shape index (κ1) is 19.9. The highest BCUT2D eigenvalue weighted by Crippen LogP contribution is 2.43. The first-order chi connectivity index (χ1) is 9.02. The van der Waals surface area contributed by atoms with Crippen molar-refractivity contribution in [2.75, 3.05) is 7.11 Å². The van der Waals surface area contributed by atoms with Gasteiger partial charge in [-0.2, -0.15) is 26.3 Å². The molecular weight excluding hydrogens is 324 g/mol. The van der Waals surface area contributed by atoms with Crippen molar-refractivity contribution >= 4 is 12.4 Å². The first-order valence-electron chi connectivity index (χ1n) is 5.64. The number of nitrogens with two attached hydrogens (primary N) is 1. The number of methoxy groups -OCH3 is 1. The third-order valence-corrected chi connectivity index (χ3v) is 2.81. The van der Waals surface area contributed by atoms with E-state index in [1.165, 1.54) is 6.92 Å². The summed E-state index contributed by atoms with van der Waals surface area (Å²) in [5.41, 5.74) is 2.26. The molecule has 0 aliphatic carbocycles. The molecule has 9 heteroatoms. The second-order valence-electron chi connectivity index (χ2n) is 4.15. The Morgan fingerprint density at radius 1 is 1.10 bits per heavy atom. The smallest absolute Gasteiger partial charge is 0.416 e. The molecule has 0 bridgehead atoms. The van der Waals surface area contributed by atoms with Crippen LogP contribution in [0.5, 0.6) is 5.75 Å². The molecule has 0 aliphatic heterocycles. The Bertz CT molecular complexity index is 486. The molecule has 2 N–H and O–H groups in total. The molecular formula is C12H14ClF6NO. The summed E-state index contributed by atoms with van der Waals surface area (Å²) in [6.07, 6.45) is -9.72. The summed E-state index contributed by atoms with van der Waals surface area (Å²) in [6.45, 7) is 1.53. The summed E-state index contributed by atoms with van der Waals surface area (Å²) >= 11 is 0. The fourth-order valence-electron chi connectivity index (χ4n) is 1.78. The van der Waals surface area contributed by atoms with Gasteiger partial charge < -0.3 is 10.5 Å². The van der Waals surface area contributed by atoms with Crippen LogP contribution in [0.2, 0.25) is 0 Å². The topological polar surface area (TPSA) is 35.2 Å². The first-order valence-corrected chi connectivity index (χ1v) is 5.64. The average molecular weight is 338 g/mol. The zero-order valence-corrected chi connectivity index (χ0v) is 11.9. The third kappa shape index (κ3) is 4.41. The molecule has 1 atom stereocenters. The molecule has 1 rings (SSSR count). The average Bonchev–Trinajstić information content (AvgIpc) is 2.33. The van der Waals surface area contributed by atoms with E-state index in [0.29, 0.717) is 6.07 Å². The van der Waals surface area contributed by atoms with Crippen molar-refractivity contribution in [3.05, 3.63) is 28.8 Å². The van der Waals surface area contributed by atoms with E-state index >= 15 is 0 Å². The Morgan fingerprint density at radius 2 is 1.62 bits per heavy atom. The zero-order chi connectivity index (χ0) is 15.7. The van der Waals surface area contributed by atoms with Crippen LogP contribution in [-0.2, 0) is 12.4 Å². The Balaban J connectivity index is 0.00000400. The highest BCUT2D eigenvalue weighted by atomic mass is 35.5. The summed E-state index contributed by atoms with van der Waals surface area (Å²) in [5.74, 6) is -0.512. The maximum atomic E-state index is 13.0. The molecule has 0 saturated carbocycles. The third-order valence-electron chi connectivity index (χ3n) is 2.81. The fraction of sp³-hybridized carbons (Fsp3) is 0.500. The second kappa shape index (κ2) is 6.74. The van der Waals surface area contributed by atoms with E-state index in [1.54, 1.807) is 0 Å². The van der Waals surface area contributed by atoms with E-state index in [9.17, 15) is 26.3 Å². The van der Waals surface area contributed by atoms with Gasteiger partial charge in [-0.3, -0.25) is 0 Å². The molecule has 0 aromatic heterocycles. The second-order valence-corrected chi connectivity index (χ2v) is 4.15. The summed E-state index contributed by atoms with van der Waals surface area (Å²) in [6, 6.07) is -0.475. The SMILES string of the molecule is CC[C@@H](N)c1c(OC)cc(C(F)(F)F)cc1C(F)(F)F.Cl. The highest BCUT2D eigenvalue weighted by molar-refractivity contribution is 5.85. The van der Waals surface area contributed by atoms with Crippen molar-refractivity contribution in [2.24, 2.45) is 5.73 Å². The minimum Gasteiger partial charge on any atom is -0.496 e. The van der Waals surface area contributed by atoms with Gasteiger partial charge in [-0.05, 0) is 18.6 Å². The molecule has 1 aromatic carbocycles. The molecule has 21 heavy (non-hydrogen) atoms. The predicted molar refractivity (Wildman–Crippen MR) is 67.5 cm³/mol. The Labute approximate surface area is 123 Å². The maximum absolute atomic E-state index is 13.0. The van der Waals surface area contributed by atoms with E-state index in [0.717, 1.165) is 7.11 Å². The lowest BCUT2D eigenvalue weighted by atomic mass is 9.95. The number of hydrogen-bond donors (Lipinski definition) is 1. The highest BCUT2D eigenvalue weighted by Gasteiger charge is 2.40. The van der Waals surface area contributed by atoms with Crippen LogP contribution < -0.4 is 10.5 Å². The van der Waals surface area contributed by atoms with Gasteiger partial charge in [0.15, 0.2) is 0 Å². The van der Waals surface area contributed by atoms with Crippen molar-refractivity contribution in [3.8, 4) is 5.75 Å². The molecule has 0 spiro atoms.